The summed E-state index contributed by atoms with van der Waals surface area (Å²) in [5, 5.41) is 123. The van der Waals surface area contributed by atoms with Crippen LogP contribution in [0.2, 0.25) is 0 Å². The number of rotatable bonds is 13. The highest BCUT2D eigenvalue weighted by Gasteiger charge is 2.75. The second-order valence-corrected chi connectivity index (χ2v) is 20.4. The molecule has 0 aromatic rings. The number of fused-ring (bicyclic) bond motifs is 5. The fraction of sp³-hybridized carbons (Fsp3) is 0.955. The molecule has 11 N–H and O–H groups in total. The van der Waals surface area contributed by atoms with E-state index in [1.807, 2.05) is 46.8 Å². The van der Waals surface area contributed by atoms with E-state index < -0.39 is 145 Å². The van der Waals surface area contributed by atoms with Gasteiger partial charge in [-0.1, -0.05) is 46.8 Å². The third-order valence-electron chi connectivity index (χ3n) is 16.5. The first-order valence-corrected chi connectivity index (χ1v) is 22.7. The summed E-state index contributed by atoms with van der Waals surface area (Å²) in [7, 11) is 2.69. The molecule has 4 aliphatic carbocycles. The average Bonchev–Trinajstić information content (AvgIpc) is 3.67. The van der Waals surface area contributed by atoms with E-state index in [9.17, 15) is 56.2 Å². The second kappa shape index (κ2) is 19.2. The van der Waals surface area contributed by atoms with Gasteiger partial charge in [0.05, 0.1) is 50.3 Å². The van der Waals surface area contributed by atoms with Crippen molar-refractivity contribution >= 4 is 0 Å². The monoisotopic (exact) mass is 906 g/mol. The normalized spacial score (nSPS) is 53.6. The summed E-state index contributed by atoms with van der Waals surface area (Å²) in [5.41, 5.74) is -3.44. The molecule has 0 radical (unpaired) electrons. The van der Waals surface area contributed by atoms with Crippen molar-refractivity contribution in [1.82, 2.24) is 0 Å². The summed E-state index contributed by atoms with van der Waals surface area (Å²) in [5.74, 6) is -2.74. The molecular formula is C44H74O19. The van der Waals surface area contributed by atoms with Crippen LogP contribution in [0.1, 0.15) is 66.7 Å². The van der Waals surface area contributed by atoms with Crippen LogP contribution in [0.5, 0.6) is 0 Å². The summed E-state index contributed by atoms with van der Waals surface area (Å²) < 4.78 is 45.8. The number of ether oxygens (including phenoxy) is 8. The molecule has 4 saturated carbocycles. The summed E-state index contributed by atoms with van der Waals surface area (Å²) in [6.07, 6.45) is -15.1. The lowest BCUT2D eigenvalue weighted by Gasteiger charge is -2.68. The van der Waals surface area contributed by atoms with E-state index in [4.69, 9.17) is 37.9 Å². The van der Waals surface area contributed by atoms with Gasteiger partial charge in [0, 0.05) is 26.1 Å². The van der Waals surface area contributed by atoms with Crippen LogP contribution < -0.4 is 0 Å². The average molecular weight is 907 g/mol. The lowest BCUT2D eigenvalue weighted by atomic mass is 9.40. The van der Waals surface area contributed by atoms with Gasteiger partial charge in [0.15, 0.2) is 18.9 Å². The van der Waals surface area contributed by atoms with Gasteiger partial charge >= 0.3 is 0 Å². The minimum Gasteiger partial charge on any atom is -0.393 e. The van der Waals surface area contributed by atoms with Crippen molar-refractivity contribution < 1.29 is 94.1 Å². The maximum absolute atomic E-state index is 12.9. The Morgan fingerprint density at radius 1 is 0.683 bits per heavy atom. The van der Waals surface area contributed by atoms with E-state index >= 15 is 0 Å². The van der Waals surface area contributed by atoms with Gasteiger partial charge in [-0.15, -0.1) is 0 Å². The molecular weight excluding hydrogens is 832 g/mol. The van der Waals surface area contributed by atoms with E-state index in [-0.39, 0.29) is 37.6 Å². The molecule has 19 heteroatoms. The Hall–Kier alpha value is -1.02. The highest BCUT2D eigenvalue weighted by Crippen LogP contribution is 2.70. The maximum Gasteiger partial charge on any atom is 0.187 e. The Morgan fingerprint density at radius 2 is 1.29 bits per heavy atom. The maximum atomic E-state index is 12.9. The van der Waals surface area contributed by atoms with Crippen LogP contribution in [-0.2, 0) is 37.9 Å². The van der Waals surface area contributed by atoms with Crippen LogP contribution in [0.15, 0.2) is 12.2 Å². The zero-order chi connectivity index (χ0) is 46.1. The number of hydrogen-bond donors (Lipinski definition) is 11. The smallest absolute Gasteiger partial charge is 0.187 e. The predicted octanol–water partition coefficient (Wildman–Crippen LogP) is -2.09. The van der Waals surface area contributed by atoms with E-state index in [2.05, 4.69) is 0 Å². The van der Waals surface area contributed by atoms with Gasteiger partial charge in [0.1, 0.15) is 66.6 Å². The number of methoxy groups -OCH3 is 2. The van der Waals surface area contributed by atoms with E-state index in [1.165, 1.54) is 14.2 Å². The number of hydrogen-bond acceptors (Lipinski definition) is 19. The first-order valence-electron chi connectivity index (χ1n) is 22.7. The van der Waals surface area contributed by atoms with Crippen molar-refractivity contribution in [2.24, 2.45) is 46.3 Å². The minimum absolute atomic E-state index is 0.101. The molecule has 26 atom stereocenters. The van der Waals surface area contributed by atoms with Crippen molar-refractivity contribution in [1.29, 1.82) is 0 Å². The van der Waals surface area contributed by atoms with Crippen molar-refractivity contribution in [2.45, 2.75) is 183 Å². The number of aliphatic hydroxyl groups excluding tert-OH is 10. The fourth-order valence-electron chi connectivity index (χ4n) is 13.1. The van der Waals surface area contributed by atoms with Crippen LogP contribution in [0.25, 0.3) is 0 Å². The Labute approximate surface area is 368 Å². The van der Waals surface area contributed by atoms with E-state index in [0.717, 1.165) is 0 Å². The zero-order valence-electron chi connectivity index (χ0n) is 37.4. The van der Waals surface area contributed by atoms with Crippen LogP contribution in [0.4, 0.5) is 0 Å². The van der Waals surface area contributed by atoms with Crippen molar-refractivity contribution in [3.8, 4) is 0 Å². The van der Waals surface area contributed by atoms with Crippen molar-refractivity contribution in [3.63, 3.8) is 0 Å². The van der Waals surface area contributed by atoms with Gasteiger partial charge in [-0.25, -0.2) is 0 Å². The number of aliphatic hydroxyl groups is 11. The Kier molecular flexibility index (Phi) is 15.2. The standard InChI is InChI=1S/C44H74O19/c1-18(2)24(61-39-34(53)32(51)26(63-39)17-60-40-35(56-6)29(48)22(46)15-58-40)9-8-19(3)20-14-21(45)37-42(20,4)13-11-27-43(5)12-10-25(31(50)28(43)33(52)38(54)44(27,37)55)62-41-36(57-7)30(49)23(47)16-59-41/h8-9,18-41,45-55H,10-17H2,1-7H3/b9-8+/t19-,20-,21-,22-,23-,24+,25+,26+,27-,28-,29?,30?,31+,32?,33-,34?,35?,36?,37-,38-,39-,40+,41+,42-,43-,44+/m1/s1. The van der Waals surface area contributed by atoms with Crippen molar-refractivity contribution in [3.05, 3.63) is 12.2 Å². The molecule has 0 amide bonds. The molecule has 7 aliphatic rings. The summed E-state index contributed by atoms with van der Waals surface area (Å²) in [6, 6.07) is 0. The first-order chi connectivity index (χ1) is 29.6. The lowest BCUT2D eigenvalue weighted by molar-refractivity contribution is -0.339. The zero-order valence-corrected chi connectivity index (χ0v) is 37.4. The van der Waals surface area contributed by atoms with Crippen LogP contribution in [0.3, 0.4) is 0 Å². The van der Waals surface area contributed by atoms with Crippen LogP contribution >= 0.6 is 0 Å². The largest absolute Gasteiger partial charge is 0.393 e. The quantitative estimate of drug-likeness (QED) is 0.0698. The molecule has 7 rings (SSSR count). The highest BCUT2D eigenvalue weighted by atomic mass is 16.7. The summed E-state index contributed by atoms with van der Waals surface area (Å²) >= 11 is 0. The highest BCUT2D eigenvalue weighted by molar-refractivity contribution is 5.24. The van der Waals surface area contributed by atoms with E-state index in [0.29, 0.717) is 32.1 Å². The first kappa shape index (κ1) is 49.9. The lowest BCUT2D eigenvalue weighted by Crippen LogP contribution is -2.77. The van der Waals surface area contributed by atoms with Gasteiger partial charge in [-0.2, -0.15) is 0 Å². The molecule has 364 valence electrons. The fourth-order valence-corrected chi connectivity index (χ4v) is 13.1. The summed E-state index contributed by atoms with van der Waals surface area (Å²) in [6.45, 7) is 9.24. The third-order valence-corrected chi connectivity index (χ3v) is 16.5. The molecule has 63 heavy (non-hydrogen) atoms. The Balaban J connectivity index is 1.01. The predicted molar refractivity (Wildman–Crippen MR) is 217 cm³/mol. The summed E-state index contributed by atoms with van der Waals surface area (Å²) in [4.78, 5) is 0. The second-order valence-electron chi connectivity index (χ2n) is 20.4. The van der Waals surface area contributed by atoms with Gasteiger partial charge in [0.2, 0.25) is 0 Å². The van der Waals surface area contributed by atoms with Gasteiger partial charge in [-0.3, -0.25) is 0 Å². The molecule has 3 heterocycles. The minimum atomic E-state index is -1.90. The van der Waals surface area contributed by atoms with Crippen LogP contribution in [0, 0.1) is 46.3 Å². The van der Waals surface area contributed by atoms with Crippen molar-refractivity contribution in [2.75, 3.05) is 34.0 Å². The Morgan fingerprint density at radius 3 is 1.90 bits per heavy atom. The molecule has 19 nitrogen and oxygen atoms in total. The molecule has 3 aliphatic heterocycles. The molecule has 0 aromatic heterocycles. The van der Waals surface area contributed by atoms with Crippen LogP contribution in [-0.4, -0.2) is 206 Å². The SMILES string of the molecule is COC1C(O)[C@H](O)CO[C@H]1OC[C@@H]1O[C@@H](O[C@@H](/C=C/[C@@H](C)[C@H]2C[C@@H](O)[C@@H]3[C@]2(C)CC[C@@H]2[C@@]4(C)CC[C@H](O[C@@H]5OC[C@@H](O)C(O)C5OC)[C@H](O)[C@@H]4[C@@H](O)[C@@H](O)[C@]23O)C(C)C)C(O)C1O. The molecule has 0 aromatic carbocycles. The third kappa shape index (κ3) is 8.61. The van der Waals surface area contributed by atoms with Gasteiger partial charge in [0.25, 0.3) is 0 Å². The molecule has 6 unspecified atom stereocenters. The topological polar surface area (TPSA) is 296 Å². The molecule has 7 fully saturated rings. The number of allylic oxidation sites excluding steroid dienone is 1. The van der Waals surface area contributed by atoms with Gasteiger partial charge < -0.3 is 94.1 Å². The molecule has 0 bridgehead atoms. The molecule has 3 saturated heterocycles. The van der Waals surface area contributed by atoms with E-state index in [1.54, 1.807) is 0 Å². The van der Waals surface area contributed by atoms with Gasteiger partial charge in [-0.05, 0) is 66.6 Å². The molecule has 0 spiro atoms. The Bertz CT molecular complexity index is 1560.